The average Bonchev–Trinajstić information content (AvgIpc) is 3.17. The molecule has 0 aliphatic heterocycles. The van der Waals surface area contributed by atoms with E-state index in [4.69, 9.17) is 0 Å². The van der Waals surface area contributed by atoms with Gasteiger partial charge in [-0.15, -0.1) is 0 Å². The van der Waals surface area contributed by atoms with E-state index in [2.05, 4.69) is 61.1 Å². The van der Waals surface area contributed by atoms with Gasteiger partial charge in [0.15, 0.2) is 0 Å². The molecule has 0 spiro atoms. The van der Waals surface area contributed by atoms with E-state index in [0.717, 1.165) is 23.7 Å². The molecule has 0 heterocycles. The monoisotopic (exact) mass is 260 g/mol. The van der Waals surface area contributed by atoms with Crippen LogP contribution in [0, 0.1) is 34.5 Å². The smallest absolute Gasteiger partial charge is 0.0138 e. The molecule has 1 saturated carbocycles. The van der Waals surface area contributed by atoms with Crippen LogP contribution in [0.2, 0.25) is 0 Å². The Morgan fingerprint density at radius 3 is 2.26 bits per heavy atom. The van der Waals surface area contributed by atoms with E-state index in [-0.39, 0.29) is 0 Å². The molecular formula is C19H32. The molecule has 1 fully saturated rings. The molecule has 0 amide bonds. The SMILES string of the molecule is C=C(C1=CC1(C)C(C)C(CC)C(C)C)C1(C)CC1C. The molecule has 19 heavy (non-hydrogen) atoms. The molecule has 0 N–H and O–H groups in total. The van der Waals surface area contributed by atoms with E-state index in [1.54, 1.807) is 5.57 Å². The standard InChI is InChI=1S/C19H32/c1-9-16(12(2)3)14(5)19(8)11-17(19)15(6)18(7)10-13(18)4/h11-14,16H,6,9-10H2,1-5,7-8H3. The van der Waals surface area contributed by atoms with Gasteiger partial charge in [0.1, 0.15) is 0 Å². The highest BCUT2D eigenvalue weighted by Gasteiger charge is 2.56. The fraction of sp³-hybridized carbons (Fsp3) is 0.789. The summed E-state index contributed by atoms with van der Waals surface area (Å²) in [5.74, 6) is 3.15. The second kappa shape index (κ2) is 4.50. The maximum absolute atomic E-state index is 4.44. The fourth-order valence-corrected chi connectivity index (χ4v) is 4.21. The first-order chi connectivity index (χ1) is 8.68. The van der Waals surface area contributed by atoms with Gasteiger partial charge in [-0.2, -0.15) is 0 Å². The fourth-order valence-electron chi connectivity index (χ4n) is 4.21. The summed E-state index contributed by atoms with van der Waals surface area (Å²) < 4.78 is 0. The third kappa shape index (κ3) is 2.22. The predicted molar refractivity (Wildman–Crippen MR) is 85.0 cm³/mol. The Morgan fingerprint density at radius 2 is 1.89 bits per heavy atom. The van der Waals surface area contributed by atoms with Gasteiger partial charge in [-0.1, -0.05) is 67.5 Å². The van der Waals surface area contributed by atoms with Crippen LogP contribution in [0.3, 0.4) is 0 Å². The van der Waals surface area contributed by atoms with Crippen LogP contribution in [0.4, 0.5) is 0 Å². The van der Waals surface area contributed by atoms with Gasteiger partial charge in [0.2, 0.25) is 0 Å². The minimum Gasteiger partial charge on any atom is -0.0950 e. The second-order valence-corrected chi connectivity index (χ2v) is 7.95. The highest BCUT2D eigenvalue weighted by molar-refractivity contribution is 5.56. The van der Waals surface area contributed by atoms with Crippen molar-refractivity contribution in [2.75, 3.05) is 0 Å². The summed E-state index contributed by atoms with van der Waals surface area (Å²) in [7, 11) is 0. The maximum Gasteiger partial charge on any atom is 0.0138 e. The third-order valence-electron chi connectivity index (χ3n) is 6.53. The van der Waals surface area contributed by atoms with Crippen molar-refractivity contribution in [3.8, 4) is 0 Å². The van der Waals surface area contributed by atoms with Gasteiger partial charge >= 0.3 is 0 Å². The van der Waals surface area contributed by atoms with Gasteiger partial charge in [-0.05, 0) is 46.7 Å². The Labute approximate surface area is 120 Å². The van der Waals surface area contributed by atoms with E-state index < -0.39 is 0 Å². The summed E-state index contributed by atoms with van der Waals surface area (Å²) in [6, 6.07) is 0. The summed E-state index contributed by atoms with van der Waals surface area (Å²) in [5.41, 5.74) is 3.75. The van der Waals surface area contributed by atoms with Crippen LogP contribution in [0.1, 0.15) is 61.3 Å². The van der Waals surface area contributed by atoms with Crippen LogP contribution in [-0.2, 0) is 0 Å². The van der Waals surface area contributed by atoms with E-state index >= 15 is 0 Å². The minimum atomic E-state index is 0.327. The maximum atomic E-state index is 4.44. The lowest BCUT2D eigenvalue weighted by molar-refractivity contribution is 0.195. The first kappa shape index (κ1) is 14.9. The lowest BCUT2D eigenvalue weighted by Crippen LogP contribution is -2.26. The molecule has 2 aliphatic carbocycles. The van der Waals surface area contributed by atoms with Crippen LogP contribution in [0.15, 0.2) is 23.8 Å². The molecule has 0 radical (unpaired) electrons. The zero-order chi connectivity index (χ0) is 14.6. The Hall–Kier alpha value is -0.520. The van der Waals surface area contributed by atoms with Gasteiger partial charge in [-0.3, -0.25) is 0 Å². The minimum absolute atomic E-state index is 0.327. The predicted octanol–water partition coefficient (Wildman–Crippen LogP) is 5.85. The Bertz CT molecular complexity index is 414. The topological polar surface area (TPSA) is 0 Å². The molecule has 0 bridgehead atoms. The Balaban J connectivity index is 2.06. The van der Waals surface area contributed by atoms with Gasteiger partial charge < -0.3 is 0 Å². The molecule has 108 valence electrons. The molecule has 0 aromatic heterocycles. The van der Waals surface area contributed by atoms with Crippen LogP contribution in [0.5, 0.6) is 0 Å². The molecule has 0 saturated heterocycles. The Kier molecular flexibility index (Phi) is 3.52. The number of rotatable bonds is 6. The molecule has 5 atom stereocenters. The van der Waals surface area contributed by atoms with Crippen LogP contribution in [0.25, 0.3) is 0 Å². The molecule has 0 heteroatoms. The van der Waals surface area contributed by atoms with Crippen molar-refractivity contribution in [3.05, 3.63) is 23.8 Å². The van der Waals surface area contributed by atoms with E-state index in [0.29, 0.717) is 10.8 Å². The molecular weight excluding hydrogens is 228 g/mol. The summed E-state index contributed by atoms with van der Waals surface area (Å²) in [5, 5.41) is 0. The highest BCUT2D eigenvalue weighted by Crippen LogP contribution is 2.66. The molecule has 5 unspecified atom stereocenters. The van der Waals surface area contributed by atoms with Crippen molar-refractivity contribution < 1.29 is 0 Å². The third-order valence-corrected chi connectivity index (χ3v) is 6.53. The lowest BCUT2D eigenvalue weighted by atomic mass is 9.71. The van der Waals surface area contributed by atoms with Crippen LogP contribution >= 0.6 is 0 Å². The zero-order valence-electron chi connectivity index (χ0n) is 14.0. The van der Waals surface area contributed by atoms with Gasteiger partial charge in [0.25, 0.3) is 0 Å². The summed E-state index contributed by atoms with van der Waals surface area (Å²) >= 11 is 0. The highest BCUT2D eigenvalue weighted by atomic mass is 14.6. The normalized spacial score (nSPS) is 39.8. The largest absolute Gasteiger partial charge is 0.0950 e. The van der Waals surface area contributed by atoms with Crippen molar-refractivity contribution in [2.24, 2.45) is 34.5 Å². The zero-order valence-corrected chi connectivity index (χ0v) is 14.0. The second-order valence-electron chi connectivity index (χ2n) is 7.95. The van der Waals surface area contributed by atoms with Crippen molar-refractivity contribution >= 4 is 0 Å². The average molecular weight is 260 g/mol. The number of allylic oxidation sites excluding steroid dienone is 3. The number of hydrogen-bond donors (Lipinski definition) is 0. The van der Waals surface area contributed by atoms with Crippen molar-refractivity contribution in [2.45, 2.75) is 61.3 Å². The van der Waals surface area contributed by atoms with Crippen LogP contribution in [-0.4, -0.2) is 0 Å². The van der Waals surface area contributed by atoms with E-state index in [9.17, 15) is 0 Å². The molecule has 0 nitrogen and oxygen atoms in total. The molecule has 2 rings (SSSR count). The first-order valence-corrected chi connectivity index (χ1v) is 8.11. The van der Waals surface area contributed by atoms with E-state index in [1.165, 1.54) is 18.4 Å². The van der Waals surface area contributed by atoms with Gasteiger partial charge in [0, 0.05) is 5.41 Å². The molecule has 2 aliphatic rings. The number of hydrogen-bond acceptors (Lipinski definition) is 0. The van der Waals surface area contributed by atoms with Gasteiger partial charge in [-0.25, -0.2) is 0 Å². The summed E-state index contributed by atoms with van der Waals surface area (Å²) in [6.45, 7) is 21.1. The van der Waals surface area contributed by atoms with E-state index in [1.807, 2.05) is 0 Å². The van der Waals surface area contributed by atoms with Crippen molar-refractivity contribution in [3.63, 3.8) is 0 Å². The molecule has 0 aromatic carbocycles. The molecule has 0 aromatic rings. The van der Waals surface area contributed by atoms with Crippen molar-refractivity contribution in [1.29, 1.82) is 0 Å². The summed E-state index contributed by atoms with van der Waals surface area (Å²) in [4.78, 5) is 0. The Morgan fingerprint density at radius 1 is 1.37 bits per heavy atom. The van der Waals surface area contributed by atoms with Crippen LogP contribution < -0.4 is 0 Å². The van der Waals surface area contributed by atoms with Gasteiger partial charge in [0.05, 0.1) is 0 Å². The lowest BCUT2D eigenvalue weighted by Gasteiger charge is -2.33. The quantitative estimate of drug-likeness (QED) is 0.561. The first-order valence-electron chi connectivity index (χ1n) is 8.11. The van der Waals surface area contributed by atoms with Crippen molar-refractivity contribution in [1.82, 2.24) is 0 Å². The summed E-state index contributed by atoms with van der Waals surface area (Å²) in [6.07, 6.45) is 5.12.